The Morgan fingerprint density at radius 2 is 2.00 bits per heavy atom. The number of carbonyl (C=O) groups is 2. The number of aliphatic hydroxyl groups excluding tert-OH is 1. The number of ether oxygens (including phenoxy) is 2. The molecule has 2 fully saturated rings. The van der Waals surface area contributed by atoms with Crippen LogP contribution in [0.2, 0.25) is 0 Å². The molecule has 3 rings (SSSR count). The van der Waals surface area contributed by atoms with Crippen molar-refractivity contribution in [2.45, 2.75) is 69.5 Å². The first-order valence-corrected chi connectivity index (χ1v) is 10.1. The number of benzene rings is 1. The average Bonchev–Trinajstić information content (AvgIpc) is 3.18. The Labute approximate surface area is 170 Å². The Bertz CT molecular complexity index is 688. The lowest BCUT2D eigenvalue weighted by Gasteiger charge is -2.33. The summed E-state index contributed by atoms with van der Waals surface area (Å²) < 4.78 is 10.9. The number of esters is 1. The molecule has 4 atom stereocenters. The van der Waals surface area contributed by atoms with Gasteiger partial charge >= 0.3 is 5.97 Å². The molecule has 2 aliphatic rings. The molecule has 2 saturated heterocycles. The highest BCUT2D eigenvalue weighted by atomic mass is 17.2. The van der Waals surface area contributed by atoms with E-state index in [1.54, 1.807) is 6.08 Å². The van der Waals surface area contributed by atoms with Crippen LogP contribution in [0.15, 0.2) is 42.5 Å². The fraction of sp³-hybridized carbons (Fsp3) is 0.545. The van der Waals surface area contributed by atoms with Gasteiger partial charge in [-0.15, -0.1) is 0 Å². The molecule has 1 aromatic rings. The zero-order valence-electron chi connectivity index (χ0n) is 16.4. The SMILES string of the molecule is O=C(CCC/C=C/C(=O)OCc1ccccc1)CCC1OC2COOC2CC1O. The number of hydrogen-bond donors (Lipinski definition) is 1. The van der Waals surface area contributed by atoms with Crippen molar-refractivity contribution in [2.24, 2.45) is 0 Å². The van der Waals surface area contributed by atoms with Crippen molar-refractivity contribution in [3.63, 3.8) is 0 Å². The van der Waals surface area contributed by atoms with E-state index in [2.05, 4.69) is 0 Å². The first-order chi connectivity index (χ1) is 14.1. The second kappa shape index (κ2) is 11.2. The molecule has 7 nitrogen and oxygen atoms in total. The minimum absolute atomic E-state index is 0.127. The molecule has 0 radical (unpaired) electrons. The average molecular weight is 404 g/mol. The summed E-state index contributed by atoms with van der Waals surface area (Å²) in [5.74, 6) is -0.260. The molecule has 0 aliphatic carbocycles. The first-order valence-electron chi connectivity index (χ1n) is 10.1. The Hall–Kier alpha value is -2.06. The maximum Gasteiger partial charge on any atom is 0.330 e. The van der Waals surface area contributed by atoms with Crippen LogP contribution < -0.4 is 0 Å². The maximum absolute atomic E-state index is 12.1. The number of hydrogen-bond acceptors (Lipinski definition) is 7. The minimum Gasteiger partial charge on any atom is -0.458 e. The molecule has 0 spiro atoms. The fourth-order valence-electron chi connectivity index (χ4n) is 3.45. The standard InChI is InChI=1S/C22H28O7/c23-17(11-12-19-18(24)13-20-21(28-19)15-27-29-20)9-5-2-6-10-22(25)26-14-16-7-3-1-4-8-16/h1,3-4,6-8,10,18-21,24H,2,5,9,11-15H2/b10-6+. The van der Waals surface area contributed by atoms with Crippen LogP contribution in [-0.4, -0.2) is 47.9 Å². The van der Waals surface area contributed by atoms with E-state index in [9.17, 15) is 14.7 Å². The Morgan fingerprint density at radius 1 is 1.17 bits per heavy atom. The van der Waals surface area contributed by atoms with Gasteiger partial charge in [0.15, 0.2) is 0 Å². The molecule has 7 heteroatoms. The topological polar surface area (TPSA) is 91.3 Å². The van der Waals surface area contributed by atoms with Gasteiger partial charge in [0, 0.05) is 25.3 Å². The lowest BCUT2D eigenvalue weighted by atomic mass is 9.95. The molecule has 4 unspecified atom stereocenters. The van der Waals surface area contributed by atoms with Crippen molar-refractivity contribution in [3.05, 3.63) is 48.0 Å². The van der Waals surface area contributed by atoms with Crippen LogP contribution in [0.4, 0.5) is 0 Å². The van der Waals surface area contributed by atoms with Crippen LogP contribution in [0.3, 0.4) is 0 Å². The lowest BCUT2D eigenvalue weighted by molar-refractivity contribution is -0.283. The smallest absolute Gasteiger partial charge is 0.330 e. The Morgan fingerprint density at radius 3 is 2.83 bits per heavy atom. The summed E-state index contributed by atoms with van der Waals surface area (Å²) >= 11 is 0. The van der Waals surface area contributed by atoms with Gasteiger partial charge in [-0.05, 0) is 24.8 Å². The summed E-state index contributed by atoms with van der Waals surface area (Å²) in [7, 11) is 0. The highest BCUT2D eigenvalue weighted by Crippen LogP contribution is 2.29. The third-order valence-electron chi connectivity index (χ3n) is 5.10. The number of fused-ring (bicyclic) bond motifs is 1. The van der Waals surface area contributed by atoms with Gasteiger partial charge in [-0.25, -0.2) is 14.6 Å². The monoisotopic (exact) mass is 404 g/mol. The molecule has 0 amide bonds. The van der Waals surface area contributed by atoms with E-state index in [-0.39, 0.29) is 36.7 Å². The van der Waals surface area contributed by atoms with Crippen LogP contribution in [0.25, 0.3) is 0 Å². The summed E-state index contributed by atoms with van der Waals surface area (Å²) in [6.07, 6.45) is 4.81. The van der Waals surface area contributed by atoms with Crippen LogP contribution in [0.5, 0.6) is 0 Å². The van der Waals surface area contributed by atoms with Gasteiger partial charge in [-0.3, -0.25) is 4.79 Å². The molecule has 158 valence electrons. The van der Waals surface area contributed by atoms with E-state index in [1.807, 2.05) is 30.3 Å². The highest BCUT2D eigenvalue weighted by molar-refractivity contribution is 5.82. The van der Waals surface area contributed by atoms with Crippen LogP contribution in [-0.2, 0) is 35.4 Å². The Balaban J connectivity index is 1.25. The van der Waals surface area contributed by atoms with E-state index < -0.39 is 6.10 Å². The first kappa shape index (κ1) is 21.6. The molecular formula is C22H28O7. The second-order valence-corrected chi connectivity index (χ2v) is 7.40. The molecular weight excluding hydrogens is 376 g/mol. The van der Waals surface area contributed by atoms with E-state index in [0.717, 1.165) is 5.56 Å². The largest absolute Gasteiger partial charge is 0.458 e. The van der Waals surface area contributed by atoms with Crippen molar-refractivity contribution in [3.8, 4) is 0 Å². The summed E-state index contributed by atoms with van der Waals surface area (Å²) in [6, 6.07) is 9.49. The predicted molar refractivity (Wildman–Crippen MR) is 104 cm³/mol. The molecule has 0 aromatic heterocycles. The van der Waals surface area contributed by atoms with Gasteiger partial charge < -0.3 is 14.6 Å². The number of rotatable bonds is 10. The third kappa shape index (κ3) is 7.04. The van der Waals surface area contributed by atoms with E-state index in [1.165, 1.54) is 6.08 Å². The van der Waals surface area contributed by atoms with Gasteiger partial charge in [0.2, 0.25) is 0 Å². The summed E-state index contributed by atoms with van der Waals surface area (Å²) in [5, 5.41) is 10.1. The van der Waals surface area contributed by atoms with Crippen molar-refractivity contribution < 1.29 is 33.9 Å². The number of carbonyl (C=O) groups excluding carboxylic acids is 2. The molecule has 0 saturated carbocycles. The quantitative estimate of drug-likeness (QED) is 0.277. The van der Waals surface area contributed by atoms with Gasteiger partial charge in [0.05, 0.1) is 12.2 Å². The third-order valence-corrected chi connectivity index (χ3v) is 5.10. The normalized spacial score (nSPS) is 26.4. The zero-order chi connectivity index (χ0) is 20.5. The van der Waals surface area contributed by atoms with Crippen LogP contribution in [0, 0.1) is 0 Å². The van der Waals surface area contributed by atoms with Crippen molar-refractivity contribution >= 4 is 11.8 Å². The number of unbranched alkanes of at least 4 members (excludes halogenated alkanes) is 1. The molecule has 2 aliphatic heterocycles. The molecule has 1 aromatic carbocycles. The summed E-state index contributed by atoms with van der Waals surface area (Å²) in [6.45, 7) is 0.611. The van der Waals surface area contributed by atoms with Gasteiger partial charge in [0.25, 0.3) is 0 Å². The van der Waals surface area contributed by atoms with Gasteiger partial charge in [-0.1, -0.05) is 36.4 Å². The predicted octanol–water partition coefficient (Wildman–Crippen LogP) is 2.65. The Kier molecular flexibility index (Phi) is 8.37. The van der Waals surface area contributed by atoms with Crippen molar-refractivity contribution in [2.75, 3.05) is 6.61 Å². The van der Waals surface area contributed by atoms with Crippen molar-refractivity contribution in [1.29, 1.82) is 0 Å². The number of aliphatic hydroxyl groups is 1. The van der Waals surface area contributed by atoms with Gasteiger partial charge in [0.1, 0.15) is 31.2 Å². The van der Waals surface area contributed by atoms with E-state index in [4.69, 9.17) is 19.2 Å². The lowest BCUT2D eigenvalue weighted by Crippen LogP contribution is -2.46. The highest BCUT2D eigenvalue weighted by Gasteiger charge is 2.42. The summed E-state index contributed by atoms with van der Waals surface area (Å²) in [4.78, 5) is 33.7. The van der Waals surface area contributed by atoms with E-state index in [0.29, 0.717) is 45.1 Å². The maximum atomic E-state index is 12.1. The fourth-order valence-corrected chi connectivity index (χ4v) is 3.45. The molecule has 0 bridgehead atoms. The van der Waals surface area contributed by atoms with Crippen LogP contribution in [0.1, 0.15) is 44.1 Å². The minimum atomic E-state index is -0.643. The number of ketones is 1. The number of Topliss-reactive ketones (excluding diaryl/α,β-unsaturated/α-hetero) is 1. The zero-order valence-corrected chi connectivity index (χ0v) is 16.4. The van der Waals surface area contributed by atoms with E-state index >= 15 is 0 Å². The van der Waals surface area contributed by atoms with Gasteiger partial charge in [-0.2, -0.15) is 0 Å². The molecule has 2 heterocycles. The van der Waals surface area contributed by atoms with Crippen molar-refractivity contribution in [1.82, 2.24) is 0 Å². The molecule has 1 N–H and O–H groups in total. The summed E-state index contributed by atoms with van der Waals surface area (Å²) in [5.41, 5.74) is 0.940. The van der Waals surface area contributed by atoms with Crippen LogP contribution >= 0.6 is 0 Å². The molecule has 29 heavy (non-hydrogen) atoms. The second-order valence-electron chi connectivity index (χ2n) is 7.40. The number of allylic oxidation sites excluding steroid dienone is 1.